The van der Waals surface area contributed by atoms with Gasteiger partial charge in [0.05, 0.1) is 24.8 Å². The van der Waals surface area contributed by atoms with Gasteiger partial charge in [0.15, 0.2) is 6.10 Å². The van der Waals surface area contributed by atoms with Gasteiger partial charge in [-0.05, 0) is 63.0 Å². The zero-order valence-electron chi connectivity index (χ0n) is 16.1. The number of ether oxygens (including phenoxy) is 2. The summed E-state index contributed by atoms with van der Waals surface area (Å²) < 4.78 is 10.8. The van der Waals surface area contributed by atoms with Crippen molar-refractivity contribution in [3.05, 3.63) is 59.7 Å². The number of amides is 1. The minimum Gasteiger partial charge on any atom is -0.497 e. The highest BCUT2D eigenvalue weighted by molar-refractivity contribution is 5.80. The van der Waals surface area contributed by atoms with Crippen LogP contribution in [0.25, 0.3) is 0 Å². The topological polar surface area (TPSA) is 74.6 Å². The number of rotatable bonds is 8. The third kappa shape index (κ3) is 5.73. The average molecular weight is 367 g/mol. The first-order valence-electron chi connectivity index (χ1n) is 8.69. The van der Waals surface area contributed by atoms with Crippen LogP contribution in [0.4, 0.5) is 0 Å². The van der Waals surface area contributed by atoms with Crippen LogP contribution in [0.1, 0.15) is 24.1 Å². The maximum Gasteiger partial charge on any atom is 0.260 e. The second-order valence-electron chi connectivity index (χ2n) is 6.39. The Hall–Kier alpha value is -3.04. The first-order valence-corrected chi connectivity index (χ1v) is 8.69. The lowest BCUT2D eigenvalue weighted by Crippen LogP contribution is -2.41. The molecular weight excluding hydrogens is 342 g/mol. The van der Waals surface area contributed by atoms with E-state index in [1.54, 1.807) is 38.3 Å². The number of nitrogens with one attached hydrogen (secondary N) is 1. The molecule has 0 spiro atoms. The Kier molecular flexibility index (Phi) is 7.21. The second-order valence-corrected chi connectivity index (χ2v) is 6.39. The van der Waals surface area contributed by atoms with Gasteiger partial charge >= 0.3 is 0 Å². The first kappa shape index (κ1) is 20.3. The summed E-state index contributed by atoms with van der Waals surface area (Å²) in [5.41, 5.74) is 1.63. The zero-order valence-corrected chi connectivity index (χ0v) is 16.1. The van der Waals surface area contributed by atoms with Gasteiger partial charge in [-0.1, -0.05) is 12.1 Å². The molecule has 1 amide bonds. The minimum absolute atomic E-state index is 0.0296. The van der Waals surface area contributed by atoms with E-state index < -0.39 is 6.10 Å². The van der Waals surface area contributed by atoms with E-state index in [-0.39, 0.29) is 11.9 Å². The number of methoxy groups -OCH3 is 1. The van der Waals surface area contributed by atoms with Crippen LogP contribution in [-0.4, -0.2) is 44.7 Å². The van der Waals surface area contributed by atoms with Crippen LogP contribution in [0.5, 0.6) is 11.5 Å². The van der Waals surface area contributed by atoms with Crippen molar-refractivity contribution in [2.24, 2.45) is 0 Å². The second kappa shape index (κ2) is 9.60. The summed E-state index contributed by atoms with van der Waals surface area (Å²) >= 11 is 0. The van der Waals surface area contributed by atoms with Crippen LogP contribution in [-0.2, 0) is 4.79 Å². The highest BCUT2D eigenvalue weighted by Crippen LogP contribution is 2.21. The van der Waals surface area contributed by atoms with Crippen LogP contribution in [0.15, 0.2) is 48.5 Å². The van der Waals surface area contributed by atoms with Crippen molar-refractivity contribution < 1.29 is 14.3 Å². The van der Waals surface area contributed by atoms with Crippen molar-refractivity contribution in [1.82, 2.24) is 10.2 Å². The molecule has 6 nitrogen and oxygen atoms in total. The molecule has 0 bridgehead atoms. The maximum absolute atomic E-state index is 12.4. The van der Waals surface area contributed by atoms with Crippen molar-refractivity contribution in [1.29, 1.82) is 5.26 Å². The average Bonchev–Trinajstić information content (AvgIpc) is 2.68. The summed E-state index contributed by atoms with van der Waals surface area (Å²) in [5.74, 6) is 1.15. The van der Waals surface area contributed by atoms with Crippen LogP contribution < -0.4 is 14.8 Å². The van der Waals surface area contributed by atoms with Gasteiger partial charge < -0.3 is 19.7 Å². The lowest BCUT2D eigenvalue weighted by atomic mass is 10.1. The van der Waals surface area contributed by atoms with E-state index in [0.717, 1.165) is 11.3 Å². The molecule has 0 aromatic heterocycles. The summed E-state index contributed by atoms with van der Waals surface area (Å²) in [7, 11) is 5.57. The molecule has 0 aliphatic heterocycles. The Morgan fingerprint density at radius 2 is 1.70 bits per heavy atom. The normalized spacial score (nSPS) is 12.7. The van der Waals surface area contributed by atoms with Crippen LogP contribution in [0.2, 0.25) is 0 Å². The monoisotopic (exact) mass is 367 g/mol. The van der Waals surface area contributed by atoms with E-state index in [4.69, 9.17) is 14.7 Å². The number of benzene rings is 2. The fraction of sp³-hybridized carbons (Fsp3) is 0.333. The van der Waals surface area contributed by atoms with E-state index in [1.807, 2.05) is 49.3 Å². The number of likely N-dealkylation sites (N-methyl/N-ethyl adjacent to an activating group) is 1. The molecule has 2 aromatic carbocycles. The summed E-state index contributed by atoms with van der Waals surface area (Å²) in [6.07, 6.45) is -0.642. The van der Waals surface area contributed by atoms with Gasteiger partial charge in [-0.15, -0.1) is 0 Å². The fourth-order valence-electron chi connectivity index (χ4n) is 2.63. The van der Waals surface area contributed by atoms with Gasteiger partial charge in [-0.3, -0.25) is 4.79 Å². The molecule has 142 valence electrons. The van der Waals surface area contributed by atoms with Crippen molar-refractivity contribution in [3.63, 3.8) is 0 Å². The molecule has 27 heavy (non-hydrogen) atoms. The third-order valence-corrected chi connectivity index (χ3v) is 4.26. The summed E-state index contributed by atoms with van der Waals surface area (Å²) in [5, 5.41) is 11.8. The Morgan fingerprint density at radius 1 is 1.11 bits per heavy atom. The number of nitrogens with zero attached hydrogens (tertiary/aromatic N) is 2. The predicted molar refractivity (Wildman–Crippen MR) is 104 cm³/mol. The van der Waals surface area contributed by atoms with Crippen LogP contribution >= 0.6 is 0 Å². The van der Waals surface area contributed by atoms with E-state index >= 15 is 0 Å². The molecule has 0 radical (unpaired) electrons. The molecule has 0 saturated carbocycles. The van der Waals surface area contributed by atoms with Gasteiger partial charge in [0.2, 0.25) is 0 Å². The summed E-state index contributed by atoms with van der Waals surface area (Å²) in [6.45, 7) is 2.16. The number of carbonyl (C=O) groups excluding carboxylic acids is 1. The van der Waals surface area contributed by atoms with Crippen LogP contribution in [0, 0.1) is 11.3 Å². The molecule has 0 aliphatic carbocycles. The molecule has 2 aromatic rings. The number of nitriles is 1. The Labute approximate surface area is 160 Å². The highest BCUT2D eigenvalue weighted by Gasteiger charge is 2.19. The minimum atomic E-state index is -0.642. The standard InChI is InChI=1S/C21H25N3O3/c1-15(27-19-9-5-16(13-22)6-10-19)21(25)23-14-20(24(2)3)17-7-11-18(26-4)12-8-17/h5-12,15,20H,14H2,1-4H3,(H,23,25). The molecule has 0 aliphatic rings. The number of hydrogen-bond donors (Lipinski definition) is 1. The third-order valence-electron chi connectivity index (χ3n) is 4.26. The van der Waals surface area contributed by atoms with Gasteiger partial charge in [0.1, 0.15) is 11.5 Å². The molecule has 6 heteroatoms. The van der Waals surface area contributed by atoms with Gasteiger partial charge in [0.25, 0.3) is 5.91 Å². The van der Waals surface area contributed by atoms with Crippen molar-refractivity contribution in [3.8, 4) is 17.6 Å². The van der Waals surface area contributed by atoms with Crippen molar-refractivity contribution in [2.45, 2.75) is 19.1 Å². The fourth-order valence-corrected chi connectivity index (χ4v) is 2.63. The molecule has 2 atom stereocenters. The molecule has 2 unspecified atom stereocenters. The molecule has 1 N–H and O–H groups in total. The Morgan fingerprint density at radius 3 is 2.22 bits per heavy atom. The van der Waals surface area contributed by atoms with E-state index in [2.05, 4.69) is 5.32 Å². The molecule has 0 fully saturated rings. The van der Waals surface area contributed by atoms with Crippen molar-refractivity contribution >= 4 is 5.91 Å². The summed E-state index contributed by atoms with van der Waals surface area (Å²) in [4.78, 5) is 14.5. The van der Waals surface area contributed by atoms with Gasteiger partial charge in [0, 0.05) is 6.54 Å². The smallest absolute Gasteiger partial charge is 0.260 e. The number of hydrogen-bond acceptors (Lipinski definition) is 5. The molecule has 0 saturated heterocycles. The van der Waals surface area contributed by atoms with Gasteiger partial charge in [-0.25, -0.2) is 0 Å². The maximum atomic E-state index is 12.4. The SMILES string of the molecule is COc1ccc(C(CNC(=O)C(C)Oc2ccc(C#N)cc2)N(C)C)cc1. The van der Waals surface area contributed by atoms with Gasteiger partial charge in [-0.2, -0.15) is 5.26 Å². The quantitative estimate of drug-likeness (QED) is 0.776. The summed E-state index contributed by atoms with van der Waals surface area (Å²) in [6, 6.07) is 16.6. The highest BCUT2D eigenvalue weighted by atomic mass is 16.5. The predicted octanol–water partition coefficient (Wildman–Crippen LogP) is 2.75. The lowest BCUT2D eigenvalue weighted by molar-refractivity contribution is -0.127. The lowest BCUT2D eigenvalue weighted by Gasteiger charge is -2.26. The number of carbonyl (C=O) groups is 1. The molecule has 0 heterocycles. The largest absolute Gasteiger partial charge is 0.497 e. The van der Waals surface area contributed by atoms with E-state index in [1.165, 1.54) is 0 Å². The van der Waals surface area contributed by atoms with E-state index in [0.29, 0.717) is 17.9 Å². The first-order chi connectivity index (χ1) is 12.9. The Balaban J connectivity index is 1.94. The molecule has 2 rings (SSSR count). The van der Waals surface area contributed by atoms with Crippen molar-refractivity contribution in [2.75, 3.05) is 27.7 Å². The van der Waals surface area contributed by atoms with Crippen LogP contribution in [0.3, 0.4) is 0 Å². The zero-order chi connectivity index (χ0) is 19.8. The Bertz CT molecular complexity index is 780. The van der Waals surface area contributed by atoms with E-state index in [9.17, 15) is 4.79 Å². The molecular formula is C21H25N3O3.